The number of hydrogen-bond acceptors (Lipinski definition) is 4. The van der Waals surface area contributed by atoms with E-state index >= 15 is 0 Å². The molecule has 142 valence electrons. The van der Waals surface area contributed by atoms with Crippen LogP contribution in [-0.2, 0) is 6.54 Å². The molecule has 1 aromatic heterocycles. The van der Waals surface area contributed by atoms with Gasteiger partial charge in [0.05, 0.1) is 4.92 Å². The Morgan fingerprint density at radius 3 is 2.57 bits per heavy atom. The number of anilines is 1. The smallest absolute Gasteiger partial charge is 0.293 e. The second-order valence-corrected chi connectivity index (χ2v) is 6.33. The first-order valence-corrected chi connectivity index (χ1v) is 8.74. The highest BCUT2D eigenvalue weighted by molar-refractivity contribution is 5.96. The zero-order valence-corrected chi connectivity index (χ0v) is 15.6. The second kappa shape index (κ2) is 8.30. The number of aromatic nitrogens is 1. The lowest BCUT2D eigenvalue weighted by atomic mass is 10.1. The maximum absolute atomic E-state index is 12.6. The Morgan fingerprint density at radius 1 is 1.14 bits per heavy atom. The number of amides is 1. The molecule has 1 N–H and O–H groups in total. The Kier molecular flexibility index (Phi) is 5.64. The molecule has 0 bridgehead atoms. The summed E-state index contributed by atoms with van der Waals surface area (Å²) in [6, 6.07) is 17.8. The predicted molar refractivity (Wildman–Crippen MR) is 107 cm³/mol. The number of nitro groups is 1. The van der Waals surface area contributed by atoms with Crippen LogP contribution in [0.2, 0.25) is 0 Å². The maximum atomic E-state index is 12.6. The van der Waals surface area contributed by atoms with E-state index in [1.807, 2.05) is 48.0 Å². The third-order valence-corrected chi connectivity index (χ3v) is 4.32. The summed E-state index contributed by atoms with van der Waals surface area (Å²) in [5.74, 6) is -0.533. The number of carbonyl (C=O) groups excluding carboxylic acids is 1. The van der Waals surface area contributed by atoms with Gasteiger partial charge < -0.3 is 9.88 Å². The summed E-state index contributed by atoms with van der Waals surface area (Å²) < 4.78 is 1.86. The monoisotopic (exact) mass is 376 g/mol. The normalized spacial score (nSPS) is 11.3. The number of pyridine rings is 1. The molecular weight excluding hydrogens is 356 g/mol. The van der Waals surface area contributed by atoms with Crippen LogP contribution < -0.4 is 10.8 Å². The topological polar surface area (TPSA) is 89.5 Å². The van der Waals surface area contributed by atoms with E-state index in [9.17, 15) is 14.9 Å². The molecule has 28 heavy (non-hydrogen) atoms. The van der Waals surface area contributed by atoms with Gasteiger partial charge in [0.2, 0.25) is 0 Å². The number of nitrogens with zero attached hydrogens (tertiary/aromatic N) is 3. The summed E-state index contributed by atoms with van der Waals surface area (Å²) in [6.45, 7) is 2.59. The molecule has 0 saturated heterocycles. The zero-order chi connectivity index (χ0) is 20.1. The van der Waals surface area contributed by atoms with Gasteiger partial charge in [0.15, 0.2) is 0 Å². The third kappa shape index (κ3) is 4.32. The second-order valence-electron chi connectivity index (χ2n) is 6.33. The van der Waals surface area contributed by atoms with Crippen molar-refractivity contribution in [1.82, 2.24) is 4.57 Å². The van der Waals surface area contributed by atoms with Crippen LogP contribution in [0.1, 0.15) is 21.5 Å². The minimum atomic E-state index is -0.533. The van der Waals surface area contributed by atoms with Crippen LogP contribution >= 0.6 is 0 Å². The molecule has 0 unspecified atom stereocenters. The third-order valence-electron chi connectivity index (χ3n) is 4.32. The van der Waals surface area contributed by atoms with Crippen LogP contribution in [0.4, 0.5) is 11.4 Å². The lowest BCUT2D eigenvalue weighted by Crippen LogP contribution is -2.22. The van der Waals surface area contributed by atoms with E-state index < -0.39 is 10.8 Å². The highest BCUT2D eigenvalue weighted by Gasteiger charge is 2.16. The predicted octanol–water partition coefficient (Wildman–Crippen LogP) is 3.54. The summed E-state index contributed by atoms with van der Waals surface area (Å²) in [4.78, 5) is 27.5. The van der Waals surface area contributed by atoms with Crippen molar-refractivity contribution in [2.45, 2.75) is 13.5 Å². The van der Waals surface area contributed by atoms with Crippen molar-refractivity contribution in [3.63, 3.8) is 0 Å². The van der Waals surface area contributed by atoms with Gasteiger partial charge >= 0.3 is 0 Å². The Bertz CT molecular complexity index is 1090. The molecule has 1 amide bonds. The lowest BCUT2D eigenvalue weighted by molar-refractivity contribution is -0.384. The minimum Gasteiger partial charge on any atom is -0.383 e. The summed E-state index contributed by atoms with van der Waals surface area (Å²) in [7, 11) is 1.59. The average molecular weight is 376 g/mol. The van der Waals surface area contributed by atoms with E-state index in [1.165, 1.54) is 23.8 Å². The van der Waals surface area contributed by atoms with Gasteiger partial charge in [-0.25, -0.2) is 0 Å². The van der Waals surface area contributed by atoms with Gasteiger partial charge in [-0.15, -0.1) is 0 Å². The van der Waals surface area contributed by atoms with Crippen molar-refractivity contribution in [3.8, 4) is 0 Å². The van der Waals surface area contributed by atoms with E-state index in [1.54, 1.807) is 19.2 Å². The molecule has 0 radical (unpaired) electrons. The van der Waals surface area contributed by atoms with Gasteiger partial charge in [0, 0.05) is 31.4 Å². The van der Waals surface area contributed by atoms with Crippen LogP contribution in [0.25, 0.3) is 0 Å². The highest BCUT2D eigenvalue weighted by atomic mass is 16.6. The number of carbonyl (C=O) groups is 1. The Labute approximate surface area is 162 Å². The van der Waals surface area contributed by atoms with Crippen molar-refractivity contribution in [3.05, 3.63) is 99.2 Å². The molecule has 2 aromatic carbocycles. The molecule has 0 aliphatic carbocycles. The van der Waals surface area contributed by atoms with Gasteiger partial charge in [0.25, 0.3) is 11.6 Å². The summed E-state index contributed by atoms with van der Waals surface area (Å²) in [6.07, 6.45) is 1.85. The van der Waals surface area contributed by atoms with Crippen LogP contribution in [0, 0.1) is 17.0 Å². The molecule has 0 fully saturated rings. The Morgan fingerprint density at radius 2 is 1.89 bits per heavy atom. The first-order chi connectivity index (χ1) is 13.5. The number of nitro benzene ring substituents is 1. The number of hydrogen-bond donors (Lipinski definition) is 1. The quantitative estimate of drug-likeness (QED) is 0.545. The van der Waals surface area contributed by atoms with Crippen LogP contribution in [0.15, 0.2) is 71.9 Å². The fourth-order valence-electron chi connectivity index (χ4n) is 2.79. The van der Waals surface area contributed by atoms with Gasteiger partial charge in [-0.05, 0) is 36.8 Å². The number of aryl methyl sites for hydroxylation is 1. The first kappa shape index (κ1) is 19.0. The van der Waals surface area contributed by atoms with Gasteiger partial charge in [-0.3, -0.25) is 14.9 Å². The standard InChI is InChI=1S/C21H20N4O3/c1-15-6-8-16(9-7-15)14-24-12-4-3-5-20(24)23-21(26)17-10-11-18(22-2)19(13-17)25(27)28/h3-13,22H,14H2,1-2H3. The fourth-order valence-corrected chi connectivity index (χ4v) is 2.79. The number of nitrogens with one attached hydrogen (secondary N) is 1. The van der Waals surface area contributed by atoms with Crippen LogP contribution in [0.3, 0.4) is 0 Å². The fraction of sp³-hybridized carbons (Fsp3) is 0.143. The van der Waals surface area contributed by atoms with Crippen LogP contribution in [0.5, 0.6) is 0 Å². The van der Waals surface area contributed by atoms with Gasteiger partial charge in [-0.1, -0.05) is 35.9 Å². The molecule has 0 aliphatic heterocycles. The molecule has 0 spiro atoms. The summed E-state index contributed by atoms with van der Waals surface area (Å²) in [5.41, 5.74) is 3.08. The van der Waals surface area contributed by atoms with Crippen molar-refractivity contribution in [2.75, 3.05) is 12.4 Å². The largest absolute Gasteiger partial charge is 0.383 e. The van der Waals surface area contributed by atoms with E-state index in [-0.39, 0.29) is 11.3 Å². The lowest BCUT2D eigenvalue weighted by Gasteiger charge is -2.08. The number of rotatable bonds is 5. The van der Waals surface area contributed by atoms with E-state index in [0.29, 0.717) is 17.7 Å². The SMILES string of the molecule is CNc1ccc(C(=O)N=c2ccccn2Cc2ccc(C)cc2)cc1[N+](=O)[O-]. The molecule has 0 atom stereocenters. The van der Waals surface area contributed by atoms with Crippen molar-refractivity contribution < 1.29 is 9.72 Å². The zero-order valence-electron chi connectivity index (χ0n) is 15.6. The van der Waals surface area contributed by atoms with E-state index in [0.717, 1.165) is 5.56 Å². The Hall–Kier alpha value is -3.74. The van der Waals surface area contributed by atoms with Crippen LogP contribution in [-0.4, -0.2) is 22.4 Å². The van der Waals surface area contributed by atoms with Crippen molar-refractivity contribution in [2.24, 2.45) is 4.99 Å². The molecule has 0 saturated carbocycles. The molecule has 1 heterocycles. The maximum Gasteiger partial charge on any atom is 0.293 e. The highest BCUT2D eigenvalue weighted by Crippen LogP contribution is 2.25. The number of benzene rings is 2. The van der Waals surface area contributed by atoms with Gasteiger partial charge in [-0.2, -0.15) is 4.99 Å². The molecule has 0 aliphatic rings. The molecule has 7 heteroatoms. The minimum absolute atomic E-state index is 0.163. The Balaban J connectivity index is 1.95. The summed E-state index contributed by atoms with van der Waals surface area (Å²) >= 11 is 0. The average Bonchev–Trinajstić information content (AvgIpc) is 2.70. The molecule has 7 nitrogen and oxygen atoms in total. The van der Waals surface area contributed by atoms with E-state index in [2.05, 4.69) is 10.3 Å². The molecule has 3 aromatic rings. The molecular formula is C21H20N4O3. The first-order valence-electron chi connectivity index (χ1n) is 8.74. The summed E-state index contributed by atoms with van der Waals surface area (Å²) in [5, 5.41) is 14.0. The van der Waals surface area contributed by atoms with Crippen molar-refractivity contribution >= 4 is 17.3 Å². The van der Waals surface area contributed by atoms with E-state index in [4.69, 9.17) is 0 Å². The van der Waals surface area contributed by atoms with Gasteiger partial charge in [0.1, 0.15) is 11.2 Å². The van der Waals surface area contributed by atoms with Crippen molar-refractivity contribution in [1.29, 1.82) is 0 Å². The molecule has 3 rings (SSSR count).